The Labute approximate surface area is 156 Å². The van der Waals surface area contributed by atoms with E-state index in [1.165, 1.54) is 0 Å². The van der Waals surface area contributed by atoms with E-state index in [0.29, 0.717) is 35.4 Å². The Morgan fingerprint density at radius 2 is 1.85 bits per heavy atom. The lowest BCUT2D eigenvalue weighted by molar-refractivity contribution is 0.102. The van der Waals surface area contributed by atoms with Crippen molar-refractivity contribution in [3.63, 3.8) is 0 Å². The molecule has 7 nitrogen and oxygen atoms in total. The van der Waals surface area contributed by atoms with Crippen LogP contribution in [0.1, 0.15) is 21.7 Å². The van der Waals surface area contributed by atoms with Crippen LogP contribution in [0.5, 0.6) is 11.5 Å². The van der Waals surface area contributed by atoms with E-state index in [0.717, 1.165) is 5.56 Å². The minimum Gasteiger partial charge on any atom is -0.454 e. The molecule has 0 aliphatic carbocycles. The maximum atomic E-state index is 12.6. The van der Waals surface area contributed by atoms with Crippen LogP contribution in [0, 0.1) is 6.92 Å². The molecule has 1 aliphatic heterocycles. The molecular formula is C20H18N4O3. The summed E-state index contributed by atoms with van der Waals surface area (Å²) in [5.41, 5.74) is 2.71. The van der Waals surface area contributed by atoms with Crippen LogP contribution in [0.25, 0.3) is 0 Å². The largest absolute Gasteiger partial charge is 0.454 e. The molecule has 0 bridgehead atoms. The molecule has 1 aliphatic rings. The van der Waals surface area contributed by atoms with Gasteiger partial charge in [0.1, 0.15) is 5.69 Å². The van der Waals surface area contributed by atoms with Crippen molar-refractivity contribution in [2.24, 2.45) is 0 Å². The number of ether oxygens (including phenoxy) is 2. The smallest absolute Gasteiger partial charge is 0.274 e. The van der Waals surface area contributed by atoms with Crippen molar-refractivity contribution in [1.82, 2.24) is 9.97 Å². The first-order valence-corrected chi connectivity index (χ1v) is 8.52. The first-order chi connectivity index (χ1) is 13.2. The van der Waals surface area contributed by atoms with Gasteiger partial charge in [-0.15, -0.1) is 0 Å². The molecule has 27 heavy (non-hydrogen) atoms. The number of aromatic nitrogens is 2. The summed E-state index contributed by atoms with van der Waals surface area (Å²) in [6, 6.07) is 16.8. The summed E-state index contributed by atoms with van der Waals surface area (Å²) >= 11 is 0. The Morgan fingerprint density at radius 1 is 1.04 bits per heavy atom. The highest BCUT2D eigenvalue weighted by Crippen LogP contribution is 2.34. The summed E-state index contributed by atoms with van der Waals surface area (Å²) in [6.07, 6.45) is 0. The quantitative estimate of drug-likeness (QED) is 0.724. The highest BCUT2D eigenvalue weighted by Gasteiger charge is 2.16. The van der Waals surface area contributed by atoms with Crippen LogP contribution in [0.2, 0.25) is 0 Å². The van der Waals surface area contributed by atoms with Gasteiger partial charge < -0.3 is 20.1 Å². The first-order valence-electron chi connectivity index (χ1n) is 8.52. The fraction of sp³-hybridized carbons (Fsp3) is 0.150. The Bertz CT molecular complexity index is 976. The van der Waals surface area contributed by atoms with E-state index in [1.807, 2.05) is 37.3 Å². The van der Waals surface area contributed by atoms with Crippen LogP contribution in [0.15, 0.2) is 54.6 Å². The number of fused-ring (bicyclic) bond motifs is 1. The molecule has 2 heterocycles. The molecule has 136 valence electrons. The topological polar surface area (TPSA) is 85.4 Å². The molecule has 0 radical (unpaired) electrons. The molecule has 2 aromatic carbocycles. The lowest BCUT2D eigenvalue weighted by Gasteiger charge is -2.09. The van der Waals surface area contributed by atoms with E-state index in [4.69, 9.17) is 9.47 Å². The van der Waals surface area contributed by atoms with Crippen LogP contribution in [0.3, 0.4) is 0 Å². The second-order valence-corrected chi connectivity index (χ2v) is 6.08. The Balaban J connectivity index is 1.47. The van der Waals surface area contributed by atoms with Gasteiger partial charge in [0.25, 0.3) is 5.91 Å². The summed E-state index contributed by atoms with van der Waals surface area (Å²) in [7, 11) is 0. The summed E-state index contributed by atoms with van der Waals surface area (Å²) in [4.78, 5) is 21.3. The molecular weight excluding hydrogens is 344 g/mol. The van der Waals surface area contributed by atoms with Gasteiger partial charge >= 0.3 is 0 Å². The lowest BCUT2D eigenvalue weighted by Crippen LogP contribution is -2.16. The highest BCUT2D eigenvalue weighted by atomic mass is 16.7. The third-order valence-corrected chi connectivity index (χ3v) is 4.01. The number of benzene rings is 2. The van der Waals surface area contributed by atoms with Crippen LogP contribution in [0.4, 0.5) is 11.6 Å². The van der Waals surface area contributed by atoms with E-state index in [9.17, 15) is 4.79 Å². The first kappa shape index (κ1) is 16.8. The zero-order chi connectivity index (χ0) is 18.6. The van der Waals surface area contributed by atoms with Gasteiger partial charge in [0.15, 0.2) is 11.5 Å². The monoisotopic (exact) mass is 362 g/mol. The average molecular weight is 362 g/mol. The molecule has 1 amide bonds. The van der Waals surface area contributed by atoms with E-state index in [2.05, 4.69) is 20.6 Å². The predicted molar refractivity (Wildman–Crippen MR) is 101 cm³/mol. The van der Waals surface area contributed by atoms with Crippen molar-refractivity contribution in [2.45, 2.75) is 13.5 Å². The summed E-state index contributed by atoms with van der Waals surface area (Å²) in [6.45, 7) is 2.59. The number of rotatable bonds is 5. The van der Waals surface area contributed by atoms with Gasteiger partial charge in [0.2, 0.25) is 12.7 Å². The van der Waals surface area contributed by atoms with Gasteiger partial charge in [-0.25, -0.2) is 9.97 Å². The van der Waals surface area contributed by atoms with Crippen LogP contribution in [-0.2, 0) is 6.54 Å². The minimum absolute atomic E-state index is 0.189. The third-order valence-electron chi connectivity index (χ3n) is 4.01. The fourth-order valence-corrected chi connectivity index (χ4v) is 2.71. The summed E-state index contributed by atoms with van der Waals surface area (Å²) in [5, 5.41) is 5.98. The SMILES string of the molecule is Cc1cc(C(=O)Nc2ccc3c(c2)OCO3)nc(NCc2ccccc2)n1. The second kappa shape index (κ2) is 7.33. The number of nitrogens with zero attached hydrogens (tertiary/aromatic N) is 2. The molecule has 0 saturated heterocycles. The lowest BCUT2D eigenvalue weighted by atomic mass is 10.2. The normalized spacial score (nSPS) is 11.9. The van der Waals surface area contributed by atoms with Gasteiger partial charge in [0.05, 0.1) is 0 Å². The zero-order valence-electron chi connectivity index (χ0n) is 14.7. The molecule has 7 heteroatoms. The number of amides is 1. The van der Waals surface area contributed by atoms with E-state index >= 15 is 0 Å². The number of nitrogens with one attached hydrogen (secondary N) is 2. The second-order valence-electron chi connectivity index (χ2n) is 6.08. The standard InChI is InChI=1S/C20H18N4O3/c1-13-9-16(24-20(22-13)21-11-14-5-3-2-4-6-14)19(25)23-15-7-8-17-18(10-15)27-12-26-17/h2-10H,11-12H2,1H3,(H,23,25)(H,21,22,24). The summed E-state index contributed by atoms with van der Waals surface area (Å²) in [5.74, 6) is 1.37. The van der Waals surface area contributed by atoms with Gasteiger partial charge in [-0.05, 0) is 30.7 Å². The van der Waals surface area contributed by atoms with Crippen LogP contribution < -0.4 is 20.1 Å². The number of carbonyl (C=O) groups is 1. The van der Waals surface area contributed by atoms with Gasteiger partial charge in [-0.3, -0.25) is 4.79 Å². The summed E-state index contributed by atoms with van der Waals surface area (Å²) < 4.78 is 10.6. The van der Waals surface area contributed by atoms with Gasteiger partial charge in [-0.1, -0.05) is 30.3 Å². The molecule has 2 N–H and O–H groups in total. The zero-order valence-corrected chi connectivity index (χ0v) is 14.7. The fourth-order valence-electron chi connectivity index (χ4n) is 2.71. The van der Waals surface area contributed by atoms with Crippen molar-refractivity contribution in [1.29, 1.82) is 0 Å². The van der Waals surface area contributed by atoms with Crippen molar-refractivity contribution in [2.75, 3.05) is 17.4 Å². The van der Waals surface area contributed by atoms with Crippen molar-refractivity contribution in [3.8, 4) is 11.5 Å². The van der Waals surface area contributed by atoms with E-state index in [1.54, 1.807) is 24.3 Å². The Morgan fingerprint density at radius 3 is 2.70 bits per heavy atom. The number of carbonyl (C=O) groups excluding carboxylic acids is 1. The Hall–Kier alpha value is -3.61. The maximum Gasteiger partial charge on any atom is 0.274 e. The number of aryl methyl sites for hydroxylation is 1. The van der Waals surface area contributed by atoms with Crippen molar-refractivity contribution < 1.29 is 14.3 Å². The molecule has 0 fully saturated rings. The van der Waals surface area contributed by atoms with Crippen molar-refractivity contribution >= 4 is 17.5 Å². The predicted octanol–water partition coefficient (Wildman–Crippen LogP) is 3.38. The number of anilines is 2. The number of hydrogen-bond acceptors (Lipinski definition) is 6. The molecule has 4 rings (SSSR count). The van der Waals surface area contributed by atoms with E-state index in [-0.39, 0.29) is 18.4 Å². The van der Waals surface area contributed by atoms with Gasteiger partial charge in [0, 0.05) is 24.0 Å². The Kier molecular flexibility index (Phi) is 4.57. The maximum absolute atomic E-state index is 12.6. The van der Waals surface area contributed by atoms with Gasteiger partial charge in [-0.2, -0.15) is 0 Å². The average Bonchev–Trinajstić information content (AvgIpc) is 3.14. The molecule has 0 saturated carbocycles. The number of hydrogen-bond donors (Lipinski definition) is 2. The minimum atomic E-state index is -0.317. The molecule has 0 atom stereocenters. The van der Waals surface area contributed by atoms with Crippen molar-refractivity contribution in [3.05, 3.63) is 71.5 Å². The molecule has 0 spiro atoms. The highest BCUT2D eigenvalue weighted by molar-refractivity contribution is 6.03. The third kappa shape index (κ3) is 3.98. The van der Waals surface area contributed by atoms with E-state index < -0.39 is 0 Å². The molecule has 0 unspecified atom stereocenters. The molecule has 3 aromatic rings. The van der Waals surface area contributed by atoms with Crippen LogP contribution in [-0.4, -0.2) is 22.7 Å². The molecule has 1 aromatic heterocycles. The van der Waals surface area contributed by atoms with Crippen LogP contribution >= 0.6 is 0 Å².